The van der Waals surface area contributed by atoms with E-state index >= 15 is 0 Å². The molecule has 0 heterocycles. The number of carbonyl (C=O) groups excluding carboxylic acids is 2. The number of rotatable bonds is 18. The van der Waals surface area contributed by atoms with Crippen molar-refractivity contribution in [3.63, 3.8) is 0 Å². The Labute approximate surface area is 214 Å². The van der Waals surface area contributed by atoms with Crippen LogP contribution in [0.15, 0.2) is 0 Å². The molecule has 0 amide bonds. The Hall–Kier alpha value is -1.55. The molecule has 0 bridgehead atoms. The molecule has 0 aliphatic rings. The Morgan fingerprint density at radius 2 is 0.914 bits per heavy atom. The van der Waals surface area contributed by atoms with Crippen LogP contribution >= 0.6 is 0 Å². The summed E-state index contributed by atoms with van der Waals surface area (Å²) in [5, 5.41) is 17.2. The number of hydrogen-bond acceptors (Lipinski definition) is 8. The van der Waals surface area contributed by atoms with Gasteiger partial charge in [0.15, 0.2) is 16.6 Å². The average molecular weight is 557 g/mol. The first-order chi connectivity index (χ1) is 15.0. The fourth-order valence-corrected chi connectivity index (χ4v) is 17.4. The maximum atomic E-state index is 11.5. The van der Waals surface area contributed by atoms with Crippen LogP contribution in [0.1, 0.15) is 53.4 Å². The molecule has 0 aromatic carbocycles. The third kappa shape index (κ3) is 22.6. The lowest BCUT2D eigenvalue weighted by atomic mass is 10.3. The summed E-state index contributed by atoms with van der Waals surface area (Å²) in [6.07, 6.45) is 0.592. The van der Waals surface area contributed by atoms with Crippen molar-refractivity contribution in [2.45, 2.75) is 105 Å². The van der Waals surface area contributed by atoms with Crippen LogP contribution in [0.4, 0.5) is 0 Å². The van der Waals surface area contributed by atoms with Gasteiger partial charge in [-0.3, -0.25) is 19.2 Å². The van der Waals surface area contributed by atoms with Gasteiger partial charge in [-0.05, 0) is 64.2 Å². The smallest absolute Gasteiger partial charge is 0.311 e. The fourth-order valence-electron chi connectivity index (χ4n) is 3.38. The zero-order valence-corrected chi connectivity index (χ0v) is 23.7. The van der Waals surface area contributed by atoms with Crippen molar-refractivity contribution in [3.05, 3.63) is 0 Å². The van der Waals surface area contributed by atoms with Gasteiger partial charge < -0.3 is 27.9 Å². The first-order valence-electron chi connectivity index (χ1n) is 11.2. The summed E-state index contributed by atoms with van der Waals surface area (Å²) in [6, 6.07) is 1.57. The van der Waals surface area contributed by atoms with Gasteiger partial charge in [-0.25, -0.2) is 0 Å². The normalized spacial score (nSPS) is 11.6. The van der Waals surface area contributed by atoms with E-state index in [0.29, 0.717) is 12.8 Å². The van der Waals surface area contributed by atoms with Crippen LogP contribution in [0.5, 0.6) is 0 Å². The van der Waals surface area contributed by atoms with Crippen LogP contribution in [-0.4, -0.2) is 72.5 Å². The van der Waals surface area contributed by atoms with Gasteiger partial charge in [-0.1, -0.05) is 14.9 Å². The molecule has 2 N–H and O–H groups in total. The quantitative estimate of drug-likeness (QED) is 0.134. The maximum absolute atomic E-state index is 11.5. The van der Waals surface area contributed by atoms with E-state index in [1.54, 1.807) is 0 Å². The van der Waals surface area contributed by atoms with Crippen molar-refractivity contribution < 1.29 is 47.1 Å². The first kappa shape index (κ1) is 38.0. The van der Waals surface area contributed by atoms with Crippen LogP contribution in [0.2, 0.25) is 51.4 Å². The van der Waals surface area contributed by atoms with Crippen molar-refractivity contribution >= 4 is 49.1 Å². The summed E-state index contributed by atoms with van der Waals surface area (Å²) in [5.74, 6) is -3.05. The minimum atomic E-state index is -2.41. The second-order valence-electron chi connectivity index (χ2n) is 9.56. The van der Waals surface area contributed by atoms with E-state index in [2.05, 4.69) is 26.2 Å². The summed E-state index contributed by atoms with van der Waals surface area (Å²) in [7, 11) is -6.54. The van der Waals surface area contributed by atoms with E-state index in [0.717, 1.165) is 12.1 Å². The Balaban J connectivity index is -0.00000512. The summed E-state index contributed by atoms with van der Waals surface area (Å²) in [5.41, 5.74) is 0. The largest absolute Gasteiger partial charge is 0.481 e. The molecule has 0 aliphatic carbocycles. The van der Waals surface area contributed by atoms with Crippen molar-refractivity contribution in [3.8, 4) is 0 Å². The number of carboxylic acids is 2. The zero-order chi connectivity index (χ0) is 25.7. The van der Waals surface area contributed by atoms with Gasteiger partial charge in [-0.2, -0.15) is 0 Å². The number of ether oxygens (including phenoxy) is 2. The lowest BCUT2D eigenvalue weighted by Gasteiger charge is -2.38. The van der Waals surface area contributed by atoms with Crippen molar-refractivity contribution in [1.29, 1.82) is 0 Å². The first-order valence-corrected chi connectivity index (χ1v) is 20.2. The van der Waals surface area contributed by atoms with Crippen LogP contribution < -0.4 is 0 Å². The molecule has 0 saturated carbocycles. The van der Waals surface area contributed by atoms with E-state index < -0.39 is 49.1 Å². The number of carbonyl (C=O) groups is 4. The molecule has 0 aromatic rings. The van der Waals surface area contributed by atoms with Crippen molar-refractivity contribution in [2.75, 3.05) is 13.2 Å². The van der Waals surface area contributed by atoms with Gasteiger partial charge in [0, 0.05) is 0 Å². The highest BCUT2D eigenvalue weighted by molar-refractivity contribution is 6.87. The van der Waals surface area contributed by atoms with E-state index in [1.807, 2.05) is 13.1 Å². The maximum Gasteiger partial charge on any atom is 0.311 e. The molecule has 0 atom stereocenters. The second kappa shape index (κ2) is 17.8. The topological polar surface area (TPSA) is 146 Å². The molecule has 0 aromatic heterocycles. The molecule has 0 radical (unpaired) electrons. The molecule has 0 unspecified atom stereocenters. The number of carboxylic acid groups (broad SMARTS) is 2. The lowest BCUT2D eigenvalue weighted by molar-refractivity contribution is -0.147. The van der Waals surface area contributed by atoms with Crippen LogP contribution in [0.25, 0.3) is 0 Å². The third-order valence-electron chi connectivity index (χ3n) is 4.50. The monoisotopic (exact) mass is 556 g/mol. The highest BCUT2D eigenvalue weighted by Gasteiger charge is 2.39. The molecule has 10 nitrogen and oxygen atoms in total. The molecule has 0 spiro atoms. The van der Waals surface area contributed by atoms with Crippen LogP contribution in [0, 0.1) is 0 Å². The van der Waals surface area contributed by atoms with Gasteiger partial charge in [0.1, 0.15) is 0 Å². The van der Waals surface area contributed by atoms with Gasteiger partial charge in [-0.15, -0.1) is 0 Å². The standard InChI is InChI=1S/C20H40O10Si3.2CH4/c1-31(2,15-7-13-27-19(25)11-9-17(21)22)29-33(5,6)30-32(3,4)16-8-14-28-20(26)12-10-18(23)24;;/h7-16H2,1-6H3,(H,21,22)(H,23,24);2*1H4. The van der Waals surface area contributed by atoms with Gasteiger partial charge in [0.25, 0.3) is 0 Å². The van der Waals surface area contributed by atoms with Crippen LogP contribution in [-0.2, 0) is 36.9 Å². The molecule has 208 valence electrons. The Bertz CT molecular complexity index is 612. The minimum absolute atomic E-state index is 0. The Morgan fingerprint density at radius 1 is 0.600 bits per heavy atom. The molecular formula is C22H48O10Si3. The fraction of sp³-hybridized carbons (Fsp3) is 0.818. The Kier molecular flexibility index (Phi) is 19.3. The van der Waals surface area contributed by atoms with Crippen LogP contribution in [0.3, 0.4) is 0 Å². The number of hydrogen-bond donors (Lipinski definition) is 2. The highest BCUT2D eigenvalue weighted by atomic mass is 28.5. The van der Waals surface area contributed by atoms with E-state index in [-0.39, 0.29) is 53.8 Å². The summed E-state index contributed by atoms with van der Waals surface area (Å²) >= 11 is 0. The molecule has 0 rings (SSSR count). The highest BCUT2D eigenvalue weighted by Crippen LogP contribution is 2.26. The molecule has 0 fully saturated rings. The molecule has 0 saturated heterocycles. The third-order valence-corrected chi connectivity index (χ3v) is 16.0. The predicted octanol–water partition coefficient (Wildman–Crippen LogP) is 5.00. The van der Waals surface area contributed by atoms with E-state index in [1.165, 1.54) is 0 Å². The van der Waals surface area contributed by atoms with Gasteiger partial charge in [0.05, 0.1) is 38.9 Å². The average Bonchev–Trinajstić information content (AvgIpc) is 2.63. The van der Waals surface area contributed by atoms with E-state index in [9.17, 15) is 19.2 Å². The molecule has 0 aliphatic heterocycles. The van der Waals surface area contributed by atoms with Crippen molar-refractivity contribution in [1.82, 2.24) is 0 Å². The molecule has 35 heavy (non-hydrogen) atoms. The predicted molar refractivity (Wildman–Crippen MR) is 143 cm³/mol. The lowest BCUT2D eigenvalue weighted by Crippen LogP contribution is -2.52. The second-order valence-corrected chi connectivity index (χ2v) is 22.0. The Morgan fingerprint density at radius 3 is 1.20 bits per heavy atom. The molecular weight excluding hydrogens is 508 g/mol. The minimum Gasteiger partial charge on any atom is -0.481 e. The number of esters is 2. The van der Waals surface area contributed by atoms with E-state index in [4.69, 9.17) is 27.9 Å². The molecule has 13 heteroatoms. The summed E-state index contributed by atoms with van der Waals surface area (Å²) in [6.45, 7) is 12.9. The zero-order valence-electron chi connectivity index (χ0n) is 20.7. The summed E-state index contributed by atoms with van der Waals surface area (Å²) < 4.78 is 23.1. The SMILES string of the molecule is C.C.C[Si](C)(CCCOC(=O)CCC(=O)O)O[Si](C)(C)O[Si](C)(C)CCCOC(=O)CCC(=O)O. The van der Waals surface area contributed by atoms with Gasteiger partial charge in [0.2, 0.25) is 0 Å². The van der Waals surface area contributed by atoms with Crippen molar-refractivity contribution in [2.24, 2.45) is 0 Å². The van der Waals surface area contributed by atoms with Gasteiger partial charge >= 0.3 is 32.4 Å². The number of aliphatic carboxylic acids is 2. The summed E-state index contributed by atoms with van der Waals surface area (Å²) in [4.78, 5) is 44.0.